The van der Waals surface area contributed by atoms with Gasteiger partial charge in [-0.1, -0.05) is 23.2 Å². The summed E-state index contributed by atoms with van der Waals surface area (Å²) in [6.07, 6.45) is 0. The molecule has 0 radical (unpaired) electrons. The van der Waals surface area contributed by atoms with Crippen LogP contribution in [0.2, 0.25) is 10.0 Å². The first-order valence-corrected chi connectivity index (χ1v) is 5.88. The van der Waals surface area contributed by atoms with Crippen molar-refractivity contribution in [1.82, 2.24) is 9.88 Å². The van der Waals surface area contributed by atoms with E-state index in [4.69, 9.17) is 28.9 Å². The summed E-state index contributed by atoms with van der Waals surface area (Å²) in [5, 5.41) is 0.964. The summed E-state index contributed by atoms with van der Waals surface area (Å²) >= 11 is 12.0. The highest BCUT2D eigenvalue weighted by Crippen LogP contribution is 2.30. The first-order chi connectivity index (χ1) is 7.58. The molecule has 0 aromatic carbocycles. The maximum absolute atomic E-state index is 6.11. The molecule has 2 rings (SSSR count). The van der Waals surface area contributed by atoms with Crippen LogP contribution < -0.4 is 10.6 Å². The van der Waals surface area contributed by atoms with Crippen LogP contribution >= 0.6 is 23.2 Å². The van der Waals surface area contributed by atoms with Gasteiger partial charge in [-0.3, -0.25) is 0 Å². The van der Waals surface area contributed by atoms with Crippen molar-refractivity contribution in [2.24, 2.45) is 0 Å². The molecule has 6 heteroatoms. The second-order valence-electron chi connectivity index (χ2n) is 3.95. The quantitative estimate of drug-likeness (QED) is 0.836. The molecule has 1 fully saturated rings. The molecule has 0 atom stereocenters. The van der Waals surface area contributed by atoms with Gasteiger partial charge in [-0.05, 0) is 13.1 Å². The molecule has 2 N–H and O–H groups in total. The molecule has 1 aliphatic heterocycles. The smallest absolute Gasteiger partial charge is 0.150 e. The van der Waals surface area contributed by atoms with Crippen LogP contribution in [-0.2, 0) is 0 Å². The molecule has 0 saturated carbocycles. The van der Waals surface area contributed by atoms with E-state index < -0.39 is 0 Å². The van der Waals surface area contributed by atoms with E-state index in [0.29, 0.717) is 15.9 Å². The molecule has 88 valence electrons. The minimum absolute atomic E-state index is 0.333. The summed E-state index contributed by atoms with van der Waals surface area (Å²) in [7, 11) is 2.10. The second-order valence-corrected chi connectivity index (χ2v) is 4.77. The van der Waals surface area contributed by atoms with E-state index in [1.54, 1.807) is 6.07 Å². The van der Waals surface area contributed by atoms with Crippen LogP contribution in [0.4, 0.5) is 11.6 Å². The Morgan fingerprint density at radius 3 is 2.44 bits per heavy atom. The van der Waals surface area contributed by atoms with Crippen LogP contribution in [0.15, 0.2) is 6.07 Å². The maximum Gasteiger partial charge on any atom is 0.150 e. The summed E-state index contributed by atoms with van der Waals surface area (Å²) in [5.41, 5.74) is 5.68. The number of aromatic nitrogens is 1. The topological polar surface area (TPSA) is 45.4 Å². The van der Waals surface area contributed by atoms with Gasteiger partial charge in [0.15, 0.2) is 0 Å². The van der Waals surface area contributed by atoms with Crippen molar-refractivity contribution in [2.45, 2.75) is 0 Å². The van der Waals surface area contributed by atoms with Crippen LogP contribution in [0.3, 0.4) is 0 Å². The fourth-order valence-corrected chi connectivity index (χ4v) is 2.19. The molecule has 4 nitrogen and oxygen atoms in total. The summed E-state index contributed by atoms with van der Waals surface area (Å²) in [6, 6.07) is 1.65. The third-order valence-electron chi connectivity index (χ3n) is 2.74. The number of rotatable bonds is 1. The van der Waals surface area contributed by atoms with E-state index in [9.17, 15) is 0 Å². The monoisotopic (exact) mass is 260 g/mol. The Balaban J connectivity index is 2.23. The Bertz CT molecular complexity index is 389. The van der Waals surface area contributed by atoms with E-state index >= 15 is 0 Å². The van der Waals surface area contributed by atoms with Crippen molar-refractivity contribution in [3.05, 3.63) is 16.1 Å². The number of pyridine rings is 1. The number of nitrogen functional groups attached to an aromatic ring is 1. The summed E-state index contributed by atoms with van der Waals surface area (Å²) in [6.45, 7) is 3.82. The van der Waals surface area contributed by atoms with Crippen molar-refractivity contribution in [2.75, 3.05) is 43.9 Å². The number of nitrogens with zero attached hydrogens (tertiary/aromatic N) is 3. The Morgan fingerprint density at radius 1 is 1.19 bits per heavy atom. The van der Waals surface area contributed by atoms with Gasteiger partial charge in [0.05, 0.1) is 10.0 Å². The summed E-state index contributed by atoms with van der Waals surface area (Å²) in [4.78, 5) is 8.64. The van der Waals surface area contributed by atoms with Gasteiger partial charge in [-0.25, -0.2) is 4.98 Å². The van der Waals surface area contributed by atoms with Crippen LogP contribution in [0, 0.1) is 0 Å². The van der Waals surface area contributed by atoms with E-state index in [-0.39, 0.29) is 0 Å². The Kier molecular flexibility index (Phi) is 3.42. The SMILES string of the molecule is CN1CCN(c2nc(N)c(Cl)cc2Cl)CC1. The van der Waals surface area contributed by atoms with Gasteiger partial charge in [0.25, 0.3) is 0 Å². The second kappa shape index (κ2) is 4.65. The minimum atomic E-state index is 0.333. The average Bonchev–Trinajstić information content (AvgIpc) is 2.25. The first-order valence-electron chi connectivity index (χ1n) is 5.13. The number of piperazine rings is 1. The minimum Gasteiger partial charge on any atom is -0.382 e. The molecular weight excluding hydrogens is 247 g/mol. The normalized spacial score (nSPS) is 17.8. The first kappa shape index (κ1) is 11.8. The highest BCUT2D eigenvalue weighted by molar-refractivity contribution is 6.37. The van der Waals surface area contributed by atoms with Crippen LogP contribution in [0.5, 0.6) is 0 Å². The number of hydrogen-bond acceptors (Lipinski definition) is 4. The predicted molar refractivity (Wildman–Crippen MR) is 68.4 cm³/mol. The van der Waals surface area contributed by atoms with E-state index in [2.05, 4.69) is 21.8 Å². The van der Waals surface area contributed by atoms with Crippen molar-refractivity contribution in [3.8, 4) is 0 Å². The van der Waals surface area contributed by atoms with E-state index in [1.807, 2.05) is 0 Å². The molecule has 2 heterocycles. The van der Waals surface area contributed by atoms with Crippen LogP contribution in [-0.4, -0.2) is 43.1 Å². The fraction of sp³-hybridized carbons (Fsp3) is 0.500. The van der Waals surface area contributed by atoms with Gasteiger partial charge < -0.3 is 15.5 Å². The predicted octanol–water partition coefficient (Wildman–Crippen LogP) is 1.72. The lowest BCUT2D eigenvalue weighted by Gasteiger charge is -2.33. The van der Waals surface area contributed by atoms with Gasteiger partial charge in [-0.2, -0.15) is 0 Å². The van der Waals surface area contributed by atoms with Crippen molar-refractivity contribution in [1.29, 1.82) is 0 Å². The standard InChI is InChI=1S/C10H14Cl2N4/c1-15-2-4-16(5-3-15)10-8(12)6-7(11)9(13)14-10/h6H,2-5H2,1H3,(H2,13,14). The Hall–Kier alpha value is -0.710. The molecule has 1 aromatic rings. The molecule has 1 aromatic heterocycles. The zero-order valence-corrected chi connectivity index (χ0v) is 10.6. The highest BCUT2D eigenvalue weighted by atomic mass is 35.5. The lowest BCUT2D eigenvalue weighted by molar-refractivity contribution is 0.312. The third-order valence-corrected chi connectivity index (χ3v) is 3.32. The molecule has 0 amide bonds. The average molecular weight is 261 g/mol. The lowest BCUT2D eigenvalue weighted by atomic mass is 10.3. The molecule has 16 heavy (non-hydrogen) atoms. The van der Waals surface area contributed by atoms with E-state index in [0.717, 1.165) is 32.0 Å². The molecule has 1 saturated heterocycles. The largest absolute Gasteiger partial charge is 0.382 e. The molecule has 0 unspecified atom stereocenters. The zero-order valence-electron chi connectivity index (χ0n) is 9.08. The molecule has 0 bridgehead atoms. The zero-order chi connectivity index (χ0) is 11.7. The highest BCUT2D eigenvalue weighted by Gasteiger charge is 2.18. The van der Waals surface area contributed by atoms with Gasteiger partial charge in [0, 0.05) is 26.2 Å². The van der Waals surface area contributed by atoms with Gasteiger partial charge >= 0.3 is 0 Å². The Labute approximate surface area is 105 Å². The molecule has 0 aliphatic carbocycles. The van der Waals surface area contributed by atoms with Crippen molar-refractivity contribution < 1.29 is 0 Å². The summed E-state index contributed by atoms with van der Waals surface area (Å²) in [5.74, 6) is 1.07. The van der Waals surface area contributed by atoms with E-state index in [1.165, 1.54) is 0 Å². The number of halogens is 2. The van der Waals surface area contributed by atoms with Crippen LogP contribution in [0.25, 0.3) is 0 Å². The molecule has 1 aliphatic rings. The Morgan fingerprint density at radius 2 is 1.81 bits per heavy atom. The van der Waals surface area contributed by atoms with Crippen LogP contribution in [0.1, 0.15) is 0 Å². The lowest BCUT2D eigenvalue weighted by Crippen LogP contribution is -2.45. The van der Waals surface area contributed by atoms with Gasteiger partial charge in [0.1, 0.15) is 11.6 Å². The summed E-state index contributed by atoms with van der Waals surface area (Å²) < 4.78 is 0. The van der Waals surface area contributed by atoms with Crippen molar-refractivity contribution >= 4 is 34.8 Å². The van der Waals surface area contributed by atoms with Gasteiger partial charge in [-0.15, -0.1) is 0 Å². The maximum atomic E-state index is 6.11. The number of anilines is 2. The number of likely N-dealkylation sites (N-methyl/N-ethyl adjacent to an activating group) is 1. The fourth-order valence-electron chi connectivity index (χ4n) is 1.71. The third kappa shape index (κ3) is 2.34. The van der Waals surface area contributed by atoms with Gasteiger partial charge in [0.2, 0.25) is 0 Å². The van der Waals surface area contributed by atoms with Crippen molar-refractivity contribution in [3.63, 3.8) is 0 Å². The molecular formula is C10H14Cl2N4. The number of nitrogens with two attached hydrogens (primary N) is 1. The molecule has 0 spiro atoms. The number of hydrogen-bond donors (Lipinski definition) is 1.